The average Bonchev–Trinajstić information content (AvgIpc) is 3.12. The first-order valence-corrected chi connectivity index (χ1v) is 8.58. The highest BCUT2D eigenvalue weighted by molar-refractivity contribution is 5.79. The zero-order valence-electron chi connectivity index (χ0n) is 14.5. The van der Waals surface area contributed by atoms with E-state index in [9.17, 15) is 0 Å². The van der Waals surface area contributed by atoms with Gasteiger partial charge in [0.2, 0.25) is 0 Å². The number of aliphatic imine (C=N–C) groups is 1. The highest BCUT2D eigenvalue weighted by atomic mass is 16.5. The molecule has 1 aromatic carbocycles. The molecule has 2 rings (SSSR count). The molecule has 1 heterocycles. The van der Waals surface area contributed by atoms with Gasteiger partial charge in [0.25, 0.3) is 0 Å². The first kappa shape index (κ1) is 17.9. The summed E-state index contributed by atoms with van der Waals surface area (Å²) in [7, 11) is 0. The van der Waals surface area contributed by atoms with Crippen LogP contribution >= 0.6 is 0 Å². The molecule has 0 bridgehead atoms. The molecule has 24 heavy (non-hydrogen) atoms. The van der Waals surface area contributed by atoms with E-state index in [1.165, 1.54) is 5.56 Å². The molecule has 0 aliphatic carbocycles. The van der Waals surface area contributed by atoms with Crippen molar-refractivity contribution in [2.45, 2.75) is 33.2 Å². The summed E-state index contributed by atoms with van der Waals surface area (Å²) >= 11 is 0. The standard InChI is InChI=1S/C19H27N3O2/c1-3-12-23-17-8-5-7-16(14-17)10-11-21-19(20-4-2)22-15-18-9-6-13-24-18/h5-9,13-14H,3-4,10-12,15H2,1-2H3,(H2,20,21,22). The fourth-order valence-corrected chi connectivity index (χ4v) is 2.24. The van der Waals surface area contributed by atoms with Gasteiger partial charge in [-0.25, -0.2) is 4.99 Å². The number of rotatable bonds is 9. The Morgan fingerprint density at radius 2 is 2.08 bits per heavy atom. The Kier molecular flexibility index (Phi) is 7.74. The van der Waals surface area contributed by atoms with Crippen molar-refractivity contribution in [1.29, 1.82) is 0 Å². The third kappa shape index (κ3) is 6.36. The number of nitrogens with one attached hydrogen (secondary N) is 2. The molecule has 1 aromatic heterocycles. The number of hydrogen-bond donors (Lipinski definition) is 2. The smallest absolute Gasteiger partial charge is 0.191 e. The Balaban J connectivity index is 1.82. The molecule has 5 heteroatoms. The SMILES string of the molecule is CCCOc1cccc(CCNC(=NCc2ccco2)NCC)c1. The van der Waals surface area contributed by atoms with Crippen LogP contribution in [0.2, 0.25) is 0 Å². The van der Waals surface area contributed by atoms with E-state index in [1.54, 1.807) is 6.26 Å². The van der Waals surface area contributed by atoms with E-state index < -0.39 is 0 Å². The van der Waals surface area contributed by atoms with Crippen molar-refractivity contribution < 1.29 is 9.15 Å². The first-order chi connectivity index (χ1) is 11.8. The van der Waals surface area contributed by atoms with Crippen LogP contribution in [-0.4, -0.2) is 25.7 Å². The Bertz CT molecular complexity index is 609. The van der Waals surface area contributed by atoms with E-state index in [-0.39, 0.29) is 0 Å². The highest BCUT2D eigenvalue weighted by Gasteiger charge is 2.01. The Morgan fingerprint density at radius 3 is 2.83 bits per heavy atom. The minimum absolute atomic E-state index is 0.530. The van der Waals surface area contributed by atoms with Gasteiger partial charge < -0.3 is 19.8 Å². The maximum atomic E-state index is 5.67. The van der Waals surface area contributed by atoms with Gasteiger partial charge in [-0.2, -0.15) is 0 Å². The minimum atomic E-state index is 0.530. The van der Waals surface area contributed by atoms with Gasteiger partial charge in [0.15, 0.2) is 5.96 Å². The largest absolute Gasteiger partial charge is 0.494 e. The summed E-state index contributed by atoms with van der Waals surface area (Å²) in [4.78, 5) is 4.52. The number of guanidine groups is 1. The quantitative estimate of drug-likeness (QED) is 0.547. The fraction of sp³-hybridized carbons (Fsp3) is 0.421. The number of benzene rings is 1. The summed E-state index contributed by atoms with van der Waals surface area (Å²) in [6, 6.07) is 12.1. The lowest BCUT2D eigenvalue weighted by molar-refractivity contribution is 0.317. The maximum Gasteiger partial charge on any atom is 0.191 e. The molecule has 0 radical (unpaired) electrons. The van der Waals surface area contributed by atoms with Crippen molar-refractivity contribution in [2.24, 2.45) is 4.99 Å². The monoisotopic (exact) mass is 329 g/mol. The third-order valence-corrected chi connectivity index (χ3v) is 3.39. The predicted octanol–water partition coefficient (Wildman–Crippen LogP) is 3.37. The van der Waals surface area contributed by atoms with Crippen LogP contribution in [0.3, 0.4) is 0 Å². The van der Waals surface area contributed by atoms with Crippen LogP contribution in [0.4, 0.5) is 0 Å². The van der Waals surface area contributed by atoms with E-state index in [0.717, 1.165) is 50.0 Å². The van der Waals surface area contributed by atoms with Crippen molar-refractivity contribution in [3.8, 4) is 5.75 Å². The second-order valence-electron chi connectivity index (χ2n) is 5.45. The van der Waals surface area contributed by atoms with Crippen molar-refractivity contribution >= 4 is 5.96 Å². The summed E-state index contributed by atoms with van der Waals surface area (Å²) in [5.41, 5.74) is 1.25. The van der Waals surface area contributed by atoms with Crippen LogP contribution in [0.1, 0.15) is 31.6 Å². The first-order valence-electron chi connectivity index (χ1n) is 8.58. The average molecular weight is 329 g/mol. The predicted molar refractivity (Wildman–Crippen MR) is 97.5 cm³/mol. The molecule has 2 aromatic rings. The number of nitrogens with zero attached hydrogens (tertiary/aromatic N) is 1. The van der Waals surface area contributed by atoms with Crippen LogP contribution < -0.4 is 15.4 Å². The molecule has 0 atom stereocenters. The summed E-state index contributed by atoms with van der Waals surface area (Å²) < 4.78 is 11.0. The fourth-order valence-electron chi connectivity index (χ4n) is 2.24. The summed E-state index contributed by atoms with van der Waals surface area (Å²) in [6.07, 6.45) is 3.59. The van der Waals surface area contributed by atoms with Crippen LogP contribution in [0.25, 0.3) is 0 Å². The molecule has 0 saturated heterocycles. The summed E-state index contributed by atoms with van der Waals surface area (Å²) in [5.74, 6) is 2.59. The van der Waals surface area contributed by atoms with Crippen LogP contribution in [0.15, 0.2) is 52.1 Å². The number of furan rings is 1. The second-order valence-corrected chi connectivity index (χ2v) is 5.45. The normalized spacial score (nSPS) is 11.3. The van der Waals surface area contributed by atoms with Gasteiger partial charge in [0.05, 0.1) is 12.9 Å². The van der Waals surface area contributed by atoms with E-state index in [2.05, 4.69) is 41.6 Å². The molecule has 0 unspecified atom stereocenters. The lowest BCUT2D eigenvalue weighted by Crippen LogP contribution is -2.38. The Hall–Kier alpha value is -2.43. The topological polar surface area (TPSA) is 58.8 Å². The van der Waals surface area contributed by atoms with Gasteiger partial charge >= 0.3 is 0 Å². The van der Waals surface area contributed by atoms with Gasteiger partial charge in [-0.15, -0.1) is 0 Å². The lowest BCUT2D eigenvalue weighted by atomic mass is 10.1. The number of ether oxygens (including phenoxy) is 1. The lowest BCUT2D eigenvalue weighted by Gasteiger charge is -2.11. The number of hydrogen-bond acceptors (Lipinski definition) is 3. The molecule has 0 spiro atoms. The van der Waals surface area contributed by atoms with Crippen molar-refractivity contribution in [1.82, 2.24) is 10.6 Å². The molecule has 0 aliphatic heterocycles. The van der Waals surface area contributed by atoms with E-state index >= 15 is 0 Å². The Labute approximate surface area is 144 Å². The molecular formula is C19H27N3O2. The van der Waals surface area contributed by atoms with E-state index in [1.807, 2.05) is 24.3 Å². The molecule has 0 amide bonds. The molecular weight excluding hydrogens is 302 g/mol. The second kappa shape index (κ2) is 10.4. The summed E-state index contributed by atoms with van der Waals surface area (Å²) in [5, 5.41) is 6.59. The molecule has 5 nitrogen and oxygen atoms in total. The maximum absolute atomic E-state index is 5.67. The van der Waals surface area contributed by atoms with E-state index in [4.69, 9.17) is 9.15 Å². The van der Waals surface area contributed by atoms with Crippen LogP contribution in [0, 0.1) is 0 Å². The van der Waals surface area contributed by atoms with Crippen molar-refractivity contribution in [2.75, 3.05) is 19.7 Å². The van der Waals surface area contributed by atoms with Crippen LogP contribution in [-0.2, 0) is 13.0 Å². The Morgan fingerprint density at radius 1 is 1.17 bits per heavy atom. The van der Waals surface area contributed by atoms with Crippen molar-refractivity contribution in [3.05, 3.63) is 54.0 Å². The van der Waals surface area contributed by atoms with E-state index in [0.29, 0.717) is 6.54 Å². The van der Waals surface area contributed by atoms with Crippen LogP contribution in [0.5, 0.6) is 5.75 Å². The van der Waals surface area contributed by atoms with Gasteiger partial charge in [0.1, 0.15) is 18.1 Å². The molecule has 0 saturated carbocycles. The van der Waals surface area contributed by atoms with Gasteiger partial charge in [-0.05, 0) is 49.6 Å². The zero-order valence-corrected chi connectivity index (χ0v) is 14.5. The zero-order chi connectivity index (χ0) is 17.0. The van der Waals surface area contributed by atoms with Crippen molar-refractivity contribution in [3.63, 3.8) is 0 Å². The molecule has 0 aliphatic rings. The van der Waals surface area contributed by atoms with Gasteiger partial charge in [-0.3, -0.25) is 0 Å². The minimum Gasteiger partial charge on any atom is -0.494 e. The molecule has 130 valence electrons. The van der Waals surface area contributed by atoms with Gasteiger partial charge in [-0.1, -0.05) is 19.1 Å². The van der Waals surface area contributed by atoms with Gasteiger partial charge in [0, 0.05) is 13.1 Å². The highest BCUT2D eigenvalue weighted by Crippen LogP contribution is 2.13. The summed E-state index contributed by atoms with van der Waals surface area (Å²) in [6.45, 7) is 7.08. The third-order valence-electron chi connectivity index (χ3n) is 3.39. The molecule has 0 fully saturated rings. The molecule has 2 N–H and O–H groups in total.